The van der Waals surface area contributed by atoms with Crippen molar-refractivity contribution in [2.75, 3.05) is 6.61 Å². The molecule has 7 heavy (non-hydrogen) atoms. The molecule has 0 bridgehead atoms. The van der Waals surface area contributed by atoms with E-state index in [1.807, 2.05) is 0 Å². The Hall–Kier alpha value is -0.500. The molecule has 1 fully saturated rings. The summed E-state index contributed by atoms with van der Waals surface area (Å²) in [5.41, 5.74) is 4.61. The fourth-order valence-electron chi connectivity index (χ4n) is 0.0962. The van der Waals surface area contributed by atoms with Crippen molar-refractivity contribution in [1.82, 2.24) is 0 Å². The van der Waals surface area contributed by atoms with E-state index in [9.17, 15) is 0 Å². The molecule has 2 nitrogen and oxygen atoms in total. The summed E-state index contributed by atoms with van der Waals surface area (Å²) in [5.74, 6) is 0. The summed E-state index contributed by atoms with van der Waals surface area (Å²) in [5, 5.41) is 0. The monoisotopic (exact) mass is 101 g/mol. The molecule has 42 valence electrons. The Morgan fingerprint density at radius 2 is 2.14 bits per heavy atom. The lowest BCUT2D eigenvalue weighted by molar-refractivity contribution is 0.423. The molecule has 0 saturated carbocycles. The van der Waals surface area contributed by atoms with E-state index in [1.165, 1.54) is 6.20 Å². The van der Waals surface area contributed by atoms with E-state index in [4.69, 9.17) is 4.74 Å². The Kier molecular flexibility index (Phi) is 3.42. The fraction of sp³-hybridized carbons (Fsp3) is 0.600. The molecule has 0 radical (unpaired) electrons. The van der Waals surface area contributed by atoms with Crippen molar-refractivity contribution in [2.24, 2.45) is 5.73 Å². The van der Waals surface area contributed by atoms with Crippen LogP contribution >= 0.6 is 0 Å². The van der Waals surface area contributed by atoms with E-state index in [2.05, 4.69) is 19.2 Å². The van der Waals surface area contributed by atoms with Gasteiger partial charge in [-0.05, 0) is 13.1 Å². The SMILES string of the molecule is C=CN.CC1CO1. The molecule has 0 amide bonds. The molecule has 1 rings (SSSR count). The highest BCUT2D eigenvalue weighted by molar-refractivity contribution is 4.58. The van der Waals surface area contributed by atoms with E-state index in [0.717, 1.165) is 6.61 Å². The van der Waals surface area contributed by atoms with Crippen molar-refractivity contribution < 1.29 is 4.74 Å². The van der Waals surface area contributed by atoms with E-state index < -0.39 is 0 Å². The Morgan fingerprint density at radius 1 is 2.00 bits per heavy atom. The summed E-state index contributed by atoms with van der Waals surface area (Å²) in [6, 6.07) is 0. The average Bonchev–Trinajstić information content (AvgIpc) is 2.25. The smallest absolute Gasteiger partial charge is 0.0781 e. The van der Waals surface area contributed by atoms with Crippen LogP contribution in [0.15, 0.2) is 12.8 Å². The first kappa shape index (κ1) is 6.50. The van der Waals surface area contributed by atoms with Crippen LogP contribution in [-0.4, -0.2) is 12.7 Å². The number of nitrogens with two attached hydrogens (primary N) is 1. The van der Waals surface area contributed by atoms with Crippen LogP contribution in [0.5, 0.6) is 0 Å². The van der Waals surface area contributed by atoms with Crippen LogP contribution in [0.25, 0.3) is 0 Å². The average molecular weight is 101 g/mol. The van der Waals surface area contributed by atoms with Gasteiger partial charge in [0, 0.05) is 0 Å². The zero-order valence-corrected chi connectivity index (χ0v) is 4.55. The minimum Gasteiger partial charge on any atom is -0.405 e. The zero-order valence-electron chi connectivity index (χ0n) is 4.55. The minimum atomic E-state index is 0.583. The quantitative estimate of drug-likeness (QED) is 0.451. The number of rotatable bonds is 0. The van der Waals surface area contributed by atoms with Gasteiger partial charge in [-0.2, -0.15) is 0 Å². The van der Waals surface area contributed by atoms with E-state index in [0.29, 0.717) is 6.10 Å². The lowest BCUT2D eigenvalue weighted by Gasteiger charge is -1.50. The second-order valence-corrected chi connectivity index (χ2v) is 1.38. The number of hydrogen-bond donors (Lipinski definition) is 1. The van der Waals surface area contributed by atoms with Gasteiger partial charge in [-0.15, -0.1) is 0 Å². The maximum atomic E-state index is 4.71. The Labute approximate surface area is 44.0 Å². The van der Waals surface area contributed by atoms with Gasteiger partial charge in [0.05, 0.1) is 12.7 Å². The molecule has 0 aromatic heterocycles. The predicted molar refractivity (Wildman–Crippen MR) is 29.8 cm³/mol. The number of ether oxygens (including phenoxy) is 1. The normalized spacial score (nSPS) is 24.4. The van der Waals surface area contributed by atoms with Gasteiger partial charge >= 0.3 is 0 Å². The van der Waals surface area contributed by atoms with Crippen LogP contribution in [0.3, 0.4) is 0 Å². The first-order valence-electron chi connectivity index (χ1n) is 2.25. The molecule has 0 aromatic rings. The van der Waals surface area contributed by atoms with Crippen LogP contribution in [0.1, 0.15) is 6.92 Å². The van der Waals surface area contributed by atoms with E-state index >= 15 is 0 Å². The van der Waals surface area contributed by atoms with Crippen molar-refractivity contribution in [3.63, 3.8) is 0 Å². The lowest BCUT2D eigenvalue weighted by Crippen LogP contribution is -1.67. The summed E-state index contributed by atoms with van der Waals surface area (Å²) in [4.78, 5) is 0. The third kappa shape index (κ3) is 10.8. The van der Waals surface area contributed by atoms with Crippen LogP contribution in [0.2, 0.25) is 0 Å². The molecule has 1 aliphatic heterocycles. The Morgan fingerprint density at radius 3 is 2.14 bits per heavy atom. The third-order valence-electron chi connectivity index (χ3n) is 0.500. The molecule has 1 atom stereocenters. The number of epoxide rings is 1. The van der Waals surface area contributed by atoms with Gasteiger partial charge in [0.1, 0.15) is 0 Å². The minimum absolute atomic E-state index is 0.583. The Bertz CT molecular complexity index is 50.0. The first-order chi connectivity index (χ1) is 3.31. The van der Waals surface area contributed by atoms with Gasteiger partial charge in [0.25, 0.3) is 0 Å². The van der Waals surface area contributed by atoms with Gasteiger partial charge in [0.2, 0.25) is 0 Å². The maximum absolute atomic E-state index is 4.71. The van der Waals surface area contributed by atoms with Gasteiger partial charge < -0.3 is 10.5 Å². The third-order valence-corrected chi connectivity index (χ3v) is 0.500. The second kappa shape index (κ2) is 3.68. The summed E-state index contributed by atoms with van der Waals surface area (Å²) in [7, 11) is 0. The van der Waals surface area contributed by atoms with Crippen LogP contribution in [0.4, 0.5) is 0 Å². The highest BCUT2D eigenvalue weighted by Gasteiger charge is 2.13. The zero-order chi connectivity index (χ0) is 5.70. The van der Waals surface area contributed by atoms with Gasteiger partial charge in [-0.25, -0.2) is 0 Å². The summed E-state index contributed by atoms with van der Waals surface area (Å²) in [6.07, 6.45) is 1.83. The lowest BCUT2D eigenvalue weighted by atomic mass is 10.6. The molecule has 2 heteroatoms. The molecule has 1 heterocycles. The molecule has 1 saturated heterocycles. The summed E-state index contributed by atoms with van der Waals surface area (Å²) in [6.45, 7) is 6.18. The van der Waals surface area contributed by atoms with Gasteiger partial charge in [0.15, 0.2) is 0 Å². The van der Waals surface area contributed by atoms with Crippen LogP contribution < -0.4 is 5.73 Å². The molecule has 1 aliphatic rings. The molecular weight excluding hydrogens is 90.1 g/mol. The maximum Gasteiger partial charge on any atom is 0.0781 e. The molecular formula is C5H11NO. The highest BCUT2D eigenvalue weighted by atomic mass is 16.6. The van der Waals surface area contributed by atoms with Crippen molar-refractivity contribution in [1.29, 1.82) is 0 Å². The summed E-state index contributed by atoms with van der Waals surface area (Å²) < 4.78 is 4.71. The van der Waals surface area contributed by atoms with Crippen LogP contribution in [-0.2, 0) is 4.74 Å². The topological polar surface area (TPSA) is 38.5 Å². The Balaban J connectivity index is 0.000000110. The fourth-order valence-corrected chi connectivity index (χ4v) is 0.0962. The van der Waals surface area contributed by atoms with Crippen molar-refractivity contribution in [3.8, 4) is 0 Å². The predicted octanol–water partition coefficient (Wildman–Crippen LogP) is 0.494. The van der Waals surface area contributed by atoms with Gasteiger partial charge in [-0.1, -0.05) is 6.58 Å². The standard InChI is InChI=1S/C3H6O.C2H5N/c1-3-2-4-3;1-2-3/h3H,2H2,1H3;2H,1,3H2. The first-order valence-corrected chi connectivity index (χ1v) is 2.25. The molecule has 0 aromatic carbocycles. The second-order valence-electron chi connectivity index (χ2n) is 1.38. The number of hydrogen-bond acceptors (Lipinski definition) is 2. The summed E-state index contributed by atoms with van der Waals surface area (Å²) >= 11 is 0. The van der Waals surface area contributed by atoms with Crippen LogP contribution in [0, 0.1) is 0 Å². The molecule has 1 unspecified atom stereocenters. The van der Waals surface area contributed by atoms with Crippen molar-refractivity contribution in [3.05, 3.63) is 12.8 Å². The molecule has 2 N–H and O–H groups in total. The van der Waals surface area contributed by atoms with Crippen molar-refractivity contribution >= 4 is 0 Å². The van der Waals surface area contributed by atoms with Crippen molar-refractivity contribution in [2.45, 2.75) is 13.0 Å². The largest absolute Gasteiger partial charge is 0.405 e. The van der Waals surface area contributed by atoms with E-state index in [1.54, 1.807) is 0 Å². The molecule has 0 aliphatic carbocycles. The highest BCUT2D eigenvalue weighted by Crippen LogP contribution is 2.04. The van der Waals surface area contributed by atoms with E-state index in [-0.39, 0.29) is 0 Å². The van der Waals surface area contributed by atoms with Gasteiger partial charge in [-0.3, -0.25) is 0 Å². The molecule has 0 spiro atoms.